The molecule has 2 nitrogen and oxygen atoms in total. The Morgan fingerprint density at radius 2 is 0.626 bits per heavy atom. The van der Waals surface area contributed by atoms with E-state index in [9.17, 15) is 5.53 Å². The van der Waals surface area contributed by atoms with Crippen molar-refractivity contribution in [3.05, 3.63) is 100 Å². The molecule has 0 amide bonds. The van der Waals surface area contributed by atoms with E-state index in [1.165, 1.54) is 424 Å². The normalized spacial score (nSPS) is 11.7. The topological polar surface area (TPSA) is 36.4 Å². The molecule has 0 N–H and O–H groups in total. The molecule has 0 radical (unpaired) electrons. The Morgan fingerprint density at radius 1 is 0.330 bits per heavy atom. The Morgan fingerprint density at radius 3 is 0.956 bits per heavy atom. The zero-order valence-corrected chi connectivity index (χ0v) is 63.0. The summed E-state index contributed by atoms with van der Waals surface area (Å²) in [5.74, 6) is 2.79. The number of aryl methyl sites for hydroxylation is 2. The van der Waals surface area contributed by atoms with E-state index in [1.54, 1.807) is 0 Å². The van der Waals surface area contributed by atoms with Gasteiger partial charge in [-0.25, -0.2) is 0 Å². The molecule has 0 bridgehead atoms. The van der Waals surface area contributed by atoms with Crippen molar-refractivity contribution in [2.24, 2.45) is 0 Å². The van der Waals surface area contributed by atoms with E-state index < -0.39 is 0 Å². The molecule has 2 rings (SSSR count). The first-order valence-electron chi connectivity index (χ1n) is 41.1. The van der Waals surface area contributed by atoms with Crippen LogP contribution in [-0.2, 0) is 27.3 Å². The SMILES string of the molecule is CCCCCCCCCCCCCCCCCCCCCCCCCCCCC=CC(C=C=[N+]=[N-])=C(c1ccc(CCCCCCCCCCCCCCCC)cc1)c1cccc(CCCCCCCC)c1.CCCCCCCC[CH2][Ni][CH2]CCCCCCCC. The predicted molar refractivity (Wildman–Crippen MR) is 408 cm³/mol. The van der Waals surface area contributed by atoms with Crippen LogP contribution >= 0.6 is 0 Å². The van der Waals surface area contributed by atoms with Gasteiger partial charge < -0.3 is 5.53 Å². The Kier molecular flexibility index (Phi) is 69.8. The van der Waals surface area contributed by atoms with Crippen molar-refractivity contribution in [3.8, 4) is 0 Å². The van der Waals surface area contributed by atoms with E-state index in [-0.39, 0.29) is 0 Å². The van der Waals surface area contributed by atoms with Crippen molar-refractivity contribution in [1.82, 2.24) is 0 Å². The van der Waals surface area contributed by atoms with Gasteiger partial charge in [-0.2, -0.15) is 0 Å². The van der Waals surface area contributed by atoms with E-state index >= 15 is 0 Å². The van der Waals surface area contributed by atoms with Gasteiger partial charge in [0.2, 0.25) is 0 Å². The Bertz CT molecular complexity index is 1900. The molecule has 91 heavy (non-hydrogen) atoms. The van der Waals surface area contributed by atoms with Crippen LogP contribution in [-0.4, -0.2) is 10.7 Å². The second kappa shape index (κ2) is 73.4. The Balaban J connectivity index is 0.00000186. The van der Waals surface area contributed by atoms with Crippen molar-refractivity contribution in [2.75, 3.05) is 0 Å². The molecule has 0 aromatic heterocycles. The van der Waals surface area contributed by atoms with Crippen molar-refractivity contribution in [3.63, 3.8) is 0 Å². The second-order valence-corrected chi connectivity index (χ2v) is 29.7. The molecule has 3 heteroatoms. The molecule has 528 valence electrons. The number of allylic oxidation sites excluding steroid dienone is 4. The van der Waals surface area contributed by atoms with E-state index in [2.05, 4.69) is 106 Å². The number of rotatable bonds is 69. The minimum atomic E-state index is 1.05. The van der Waals surface area contributed by atoms with Crippen LogP contribution in [0, 0.1) is 0 Å². The molecule has 0 aliphatic rings. The Labute approximate surface area is 577 Å². The number of benzene rings is 2. The number of unbranched alkanes of at least 4 members (excludes halogenated alkanes) is 56. The molecule has 0 fully saturated rings. The fraction of sp³-hybridized carbons (Fsp3) is 0.795. The zero-order chi connectivity index (χ0) is 65.3. The van der Waals surface area contributed by atoms with Crippen molar-refractivity contribution >= 4 is 11.4 Å². The number of nitrogens with zero attached hydrogens (tertiary/aromatic N) is 2. The van der Waals surface area contributed by atoms with Gasteiger partial charge in [-0.15, -0.1) is 4.79 Å². The monoisotopic (exact) mass is 1300 g/mol. The summed E-state index contributed by atoms with van der Waals surface area (Å²) in [4.78, 5) is 3.31. The van der Waals surface area contributed by atoms with Gasteiger partial charge in [0.25, 0.3) is 5.87 Å². The van der Waals surface area contributed by atoms with Crippen LogP contribution in [0.5, 0.6) is 0 Å². The molecule has 0 atom stereocenters. The van der Waals surface area contributed by atoms with Crippen molar-refractivity contribution in [1.29, 1.82) is 0 Å². The molecule has 2 aromatic rings. The standard InChI is InChI=1S/C70H118N2.2C9H19.Ni/c1-4-7-10-13-16-18-20-22-24-25-26-27-28-29-30-31-32-33-34-35-36-37-39-41-43-45-48-51-56-67(62-63-72-71)70(69-57-52-55-66(64-69)54-50-46-15-12-9-6-3)68-60-58-65(59-61-68)53-49-47-44-42-40-38-23-21-19-17-14-11-8-5-2;2*1-3-5-7-9-8-6-4-2;/h51-52,55-62,64H,4-50,53-54H2,1-3H3;2*1,3-9H2,2H3;. The first kappa shape index (κ1) is 86.6. The van der Waals surface area contributed by atoms with E-state index in [1.807, 2.05) is 20.5 Å². The molecule has 0 saturated heterocycles. The molecular formula is C88H156N2Ni. The van der Waals surface area contributed by atoms with Gasteiger partial charge in [-0.1, -0.05) is 358 Å². The van der Waals surface area contributed by atoms with Crippen LogP contribution in [0.15, 0.2) is 72.3 Å². The van der Waals surface area contributed by atoms with Crippen LogP contribution in [0.25, 0.3) is 11.1 Å². The molecular weight excluding hydrogens is 1140 g/mol. The average Bonchev–Trinajstić information content (AvgIpc) is 1.50. The van der Waals surface area contributed by atoms with Gasteiger partial charge >= 0.3 is 129 Å². The first-order chi connectivity index (χ1) is 45.1. The van der Waals surface area contributed by atoms with Gasteiger partial charge in [0.05, 0.1) is 6.08 Å². The summed E-state index contributed by atoms with van der Waals surface area (Å²) in [6.45, 7) is 11.5. The van der Waals surface area contributed by atoms with Crippen molar-refractivity contribution in [2.45, 2.75) is 450 Å². The fourth-order valence-electron chi connectivity index (χ4n) is 13.3. The fourth-order valence-corrected chi connectivity index (χ4v) is 14.5. The van der Waals surface area contributed by atoms with Gasteiger partial charge in [-0.3, -0.25) is 0 Å². The number of hydrogen-bond acceptors (Lipinski definition) is 0. The molecule has 0 aliphatic heterocycles. The van der Waals surface area contributed by atoms with Crippen LogP contribution in [0.4, 0.5) is 0 Å². The van der Waals surface area contributed by atoms with Gasteiger partial charge in [0, 0.05) is 0 Å². The summed E-state index contributed by atoms with van der Waals surface area (Å²) in [6.07, 6.45) is 94.7. The third kappa shape index (κ3) is 59.8. The predicted octanol–water partition coefficient (Wildman–Crippen LogP) is 31.4. The summed E-state index contributed by atoms with van der Waals surface area (Å²) in [5.41, 5.74) is 17.1. The molecule has 2 aromatic carbocycles. The summed E-state index contributed by atoms with van der Waals surface area (Å²) < 4.78 is 0. The number of hydrogen-bond donors (Lipinski definition) is 0. The summed E-state index contributed by atoms with van der Waals surface area (Å²) in [6, 6.07) is 18.6. The van der Waals surface area contributed by atoms with Crippen LogP contribution in [0.3, 0.4) is 0 Å². The third-order valence-electron chi connectivity index (χ3n) is 19.3. The van der Waals surface area contributed by atoms with Crippen molar-refractivity contribution < 1.29 is 19.2 Å². The second-order valence-electron chi connectivity index (χ2n) is 28.2. The molecule has 0 spiro atoms. The minimum absolute atomic E-state index is 1.05. The molecule has 0 aliphatic carbocycles. The van der Waals surface area contributed by atoms with E-state index in [0.29, 0.717) is 0 Å². The summed E-state index contributed by atoms with van der Waals surface area (Å²) in [5, 5.41) is 2.85. The quantitative estimate of drug-likeness (QED) is 0.0158. The molecule has 0 saturated carbocycles. The van der Waals surface area contributed by atoms with Gasteiger partial charge in [0.15, 0.2) is 0 Å². The van der Waals surface area contributed by atoms with Crippen LogP contribution < -0.4 is 0 Å². The van der Waals surface area contributed by atoms with Gasteiger partial charge in [-0.05, 0) is 71.9 Å². The third-order valence-corrected chi connectivity index (χ3v) is 20.7. The molecule has 0 unspecified atom stereocenters. The maximum absolute atomic E-state index is 9.53. The summed E-state index contributed by atoms with van der Waals surface area (Å²) in [7, 11) is 0. The zero-order valence-electron chi connectivity index (χ0n) is 62.0. The molecule has 0 heterocycles. The Hall–Kier alpha value is -2.43. The maximum atomic E-state index is 9.53. The van der Waals surface area contributed by atoms with Gasteiger partial charge in [0.1, 0.15) is 0 Å². The van der Waals surface area contributed by atoms with Crippen LogP contribution in [0.2, 0.25) is 10.8 Å². The van der Waals surface area contributed by atoms with Crippen LogP contribution in [0.1, 0.15) is 449 Å². The first-order valence-corrected chi connectivity index (χ1v) is 42.5. The van der Waals surface area contributed by atoms with E-state index in [0.717, 1.165) is 24.8 Å². The van der Waals surface area contributed by atoms with E-state index in [4.69, 9.17) is 0 Å². The average molecular weight is 1300 g/mol. The summed E-state index contributed by atoms with van der Waals surface area (Å²) >= 11 is 2.01.